The second-order valence-corrected chi connectivity index (χ2v) is 7.47. The molecule has 24 heavy (non-hydrogen) atoms. The summed E-state index contributed by atoms with van der Waals surface area (Å²) in [4.78, 5) is 14.7. The lowest BCUT2D eigenvalue weighted by atomic mass is 9.86. The predicted molar refractivity (Wildman–Crippen MR) is 96.2 cm³/mol. The smallest absolute Gasteiger partial charge is 0.315 e. The van der Waals surface area contributed by atoms with Crippen molar-refractivity contribution in [1.82, 2.24) is 10.6 Å². The predicted octanol–water partition coefficient (Wildman–Crippen LogP) is 2.51. The van der Waals surface area contributed by atoms with Crippen LogP contribution < -0.4 is 15.5 Å². The van der Waals surface area contributed by atoms with E-state index < -0.39 is 0 Å². The summed E-state index contributed by atoms with van der Waals surface area (Å²) < 4.78 is 0. The standard InChI is InChI=1S/C19H29N3O2/c1-19(14-23)11-5-8-17(19)21-18(24)20-15-9-12-22(13-10-15)16-6-3-2-4-7-16/h2-4,6-7,15,17,23H,5,8-14H2,1H3,(H2,20,21,24). The summed E-state index contributed by atoms with van der Waals surface area (Å²) in [6.07, 6.45) is 4.92. The van der Waals surface area contributed by atoms with Gasteiger partial charge in [0, 0.05) is 36.3 Å². The third-order valence-electron chi connectivity index (χ3n) is 5.70. The van der Waals surface area contributed by atoms with E-state index in [0.717, 1.165) is 45.2 Å². The van der Waals surface area contributed by atoms with Gasteiger partial charge in [0.1, 0.15) is 0 Å². The Hall–Kier alpha value is -1.75. The van der Waals surface area contributed by atoms with Crippen molar-refractivity contribution in [2.45, 2.75) is 51.1 Å². The maximum absolute atomic E-state index is 12.3. The summed E-state index contributed by atoms with van der Waals surface area (Å²) in [7, 11) is 0. The number of nitrogens with zero attached hydrogens (tertiary/aromatic N) is 1. The molecule has 0 bridgehead atoms. The Balaban J connectivity index is 1.45. The number of nitrogens with one attached hydrogen (secondary N) is 2. The minimum absolute atomic E-state index is 0.0758. The third kappa shape index (κ3) is 3.83. The number of hydrogen-bond donors (Lipinski definition) is 3. The van der Waals surface area contributed by atoms with Gasteiger partial charge in [0.05, 0.1) is 6.61 Å². The van der Waals surface area contributed by atoms with Gasteiger partial charge in [-0.1, -0.05) is 31.5 Å². The Morgan fingerprint density at radius 1 is 1.21 bits per heavy atom. The number of amides is 2. The van der Waals surface area contributed by atoms with E-state index in [4.69, 9.17) is 0 Å². The van der Waals surface area contributed by atoms with E-state index in [9.17, 15) is 9.90 Å². The minimum Gasteiger partial charge on any atom is -0.396 e. The first-order valence-corrected chi connectivity index (χ1v) is 9.08. The average molecular weight is 331 g/mol. The number of aliphatic hydroxyl groups excluding tert-OH is 1. The van der Waals surface area contributed by atoms with E-state index >= 15 is 0 Å². The summed E-state index contributed by atoms with van der Waals surface area (Å²) in [5.41, 5.74) is 1.08. The van der Waals surface area contributed by atoms with Gasteiger partial charge in [-0.2, -0.15) is 0 Å². The van der Waals surface area contributed by atoms with Crippen LogP contribution in [0.15, 0.2) is 30.3 Å². The normalized spacial score (nSPS) is 27.9. The Kier molecular flexibility index (Phi) is 5.29. The molecule has 2 unspecified atom stereocenters. The van der Waals surface area contributed by atoms with Crippen molar-refractivity contribution >= 4 is 11.7 Å². The van der Waals surface area contributed by atoms with Gasteiger partial charge in [0.15, 0.2) is 0 Å². The van der Waals surface area contributed by atoms with Gasteiger partial charge in [-0.3, -0.25) is 0 Å². The molecule has 1 aromatic carbocycles. The first-order valence-electron chi connectivity index (χ1n) is 9.08. The molecule has 1 aliphatic heterocycles. The monoisotopic (exact) mass is 331 g/mol. The van der Waals surface area contributed by atoms with E-state index in [0.29, 0.717) is 0 Å². The summed E-state index contributed by atoms with van der Waals surface area (Å²) >= 11 is 0. The van der Waals surface area contributed by atoms with Gasteiger partial charge in [-0.05, 0) is 37.8 Å². The van der Waals surface area contributed by atoms with Crippen molar-refractivity contribution in [2.75, 3.05) is 24.6 Å². The van der Waals surface area contributed by atoms with Crippen molar-refractivity contribution in [2.24, 2.45) is 5.41 Å². The Morgan fingerprint density at radius 3 is 2.58 bits per heavy atom. The molecule has 2 atom stereocenters. The van der Waals surface area contributed by atoms with E-state index in [2.05, 4.69) is 46.7 Å². The number of carbonyl (C=O) groups excluding carboxylic acids is 1. The molecule has 0 aromatic heterocycles. The second kappa shape index (κ2) is 7.43. The minimum atomic E-state index is -0.173. The third-order valence-corrected chi connectivity index (χ3v) is 5.70. The zero-order valence-corrected chi connectivity index (χ0v) is 14.5. The van der Waals surface area contributed by atoms with Gasteiger partial charge in [-0.15, -0.1) is 0 Å². The fourth-order valence-corrected chi connectivity index (χ4v) is 3.97. The molecule has 1 aromatic rings. The molecule has 2 amide bonds. The van der Waals surface area contributed by atoms with Gasteiger partial charge in [0.2, 0.25) is 0 Å². The second-order valence-electron chi connectivity index (χ2n) is 7.47. The number of anilines is 1. The lowest BCUT2D eigenvalue weighted by molar-refractivity contribution is 0.120. The van der Waals surface area contributed by atoms with Gasteiger partial charge in [-0.25, -0.2) is 4.79 Å². The largest absolute Gasteiger partial charge is 0.396 e. The van der Waals surface area contributed by atoms with Crippen LogP contribution in [0.4, 0.5) is 10.5 Å². The topological polar surface area (TPSA) is 64.6 Å². The molecule has 2 aliphatic rings. The summed E-state index contributed by atoms with van der Waals surface area (Å²) in [5.74, 6) is 0. The highest BCUT2D eigenvalue weighted by Gasteiger charge is 2.39. The molecule has 1 saturated carbocycles. The van der Waals surface area contributed by atoms with Crippen LogP contribution in [-0.2, 0) is 0 Å². The van der Waals surface area contributed by atoms with Crippen LogP contribution in [0.25, 0.3) is 0 Å². The molecule has 132 valence electrons. The van der Waals surface area contributed by atoms with Gasteiger partial charge >= 0.3 is 6.03 Å². The van der Waals surface area contributed by atoms with Crippen molar-refractivity contribution in [3.63, 3.8) is 0 Å². The number of rotatable bonds is 4. The first kappa shape index (κ1) is 17.1. The summed E-state index contributed by atoms with van der Waals surface area (Å²) in [5, 5.41) is 15.8. The van der Waals surface area contributed by atoms with Gasteiger partial charge in [0.25, 0.3) is 0 Å². The average Bonchev–Trinajstić information content (AvgIpc) is 2.97. The molecule has 0 radical (unpaired) electrons. The summed E-state index contributed by atoms with van der Waals surface area (Å²) in [6, 6.07) is 10.6. The number of hydrogen-bond acceptors (Lipinski definition) is 3. The van der Waals surface area contributed by atoms with Crippen molar-refractivity contribution in [3.05, 3.63) is 30.3 Å². The molecule has 5 heteroatoms. The molecule has 1 aliphatic carbocycles. The van der Waals surface area contributed by atoms with Crippen LogP contribution in [0.3, 0.4) is 0 Å². The SMILES string of the molecule is CC1(CO)CCCC1NC(=O)NC1CCN(c2ccccc2)CC1. The molecule has 0 spiro atoms. The Labute approximate surface area is 144 Å². The highest BCUT2D eigenvalue weighted by molar-refractivity contribution is 5.74. The maximum atomic E-state index is 12.3. The van der Waals surface area contributed by atoms with E-state index in [1.165, 1.54) is 5.69 Å². The molecule has 3 N–H and O–H groups in total. The molecule has 5 nitrogen and oxygen atoms in total. The zero-order valence-electron chi connectivity index (χ0n) is 14.5. The molecule has 2 fully saturated rings. The van der Waals surface area contributed by atoms with E-state index in [1.807, 2.05) is 6.07 Å². The summed E-state index contributed by atoms with van der Waals surface area (Å²) in [6.45, 7) is 4.12. The van der Waals surface area contributed by atoms with Crippen molar-refractivity contribution < 1.29 is 9.90 Å². The van der Waals surface area contributed by atoms with Crippen LogP contribution >= 0.6 is 0 Å². The van der Waals surface area contributed by atoms with Crippen LogP contribution in [-0.4, -0.2) is 42.9 Å². The number of urea groups is 1. The van der Waals surface area contributed by atoms with Crippen molar-refractivity contribution in [3.8, 4) is 0 Å². The molecule has 3 rings (SSSR count). The lowest BCUT2D eigenvalue weighted by Gasteiger charge is -2.35. The van der Waals surface area contributed by atoms with Crippen LogP contribution in [0, 0.1) is 5.41 Å². The molecular formula is C19H29N3O2. The van der Waals surface area contributed by atoms with Crippen molar-refractivity contribution in [1.29, 1.82) is 0 Å². The zero-order chi connectivity index (χ0) is 17.0. The fraction of sp³-hybridized carbons (Fsp3) is 0.632. The highest BCUT2D eigenvalue weighted by atomic mass is 16.3. The molecule has 1 saturated heterocycles. The number of carbonyl (C=O) groups is 1. The first-order chi connectivity index (χ1) is 11.6. The number of aliphatic hydroxyl groups is 1. The maximum Gasteiger partial charge on any atom is 0.315 e. The molecular weight excluding hydrogens is 302 g/mol. The Morgan fingerprint density at radius 2 is 1.92 bits per heavy atom. The number of piperidine rings is 1. The molecule has 1 heterocycles. The van der Waals surface area contributed by atoms with Crippen LogP contribution in [0.2, 0.25) is 0 Å². The van der Waals surface area contributed by atoms with Gasteiger partial charge < -0.3 is 20.6 Å². The van der Waals surface area contributed by atoms with Crippen LogP contribution in [0.5, 0.6) is 0 Å². The highest BCUT2D eigenvalue weighted by Crippen LogP contribution is 2.37. The number of benzene rings is 1. The van der Waals surface area contributed by atoms with E-state index in [1.54, 1.807) is 0 Å². The Bertz CT molecular complexity index is 543. The van der Waals surface area contributed by atoms with E-state index in [-0.39, 0.29) is 30.1 Å². The van der Waals surface area contributed by atoms with Crippen LogP contribution in [0.1, 0.15) is 39.0 Å². The quantitative estimate of drug-likeness (QED) is 0.794. The fourth-order valence-electron chi connectivity index (χ4n) is 3.97. The lowest BCUT2D eigenvalue weighted by Crippen LogP contribution is -2.53. The number of para-hydroxylation sites is 1.